The van der Waals surface area contributed by atoms with Gasteiger partial charge >= 0.3 is 0 Å². The van der Waals surface area contributed by atoms with E-state index in [0.29, 0.717) is 24.3 Å². The summed E-state index contributed by atoms with van der Waals surface area (Å²) >= 11 is 0. The van der Waals surface area contributed by atoms with Crippen molar-refractivity contribution >= 4 is 11.9 Å². The van der Waals surface area contributed by atoms with Gasteiger partial charge in [0, 0.05) is 12.5 Å². The van der Waals surface area contributed by atoms with Gasteiger partial charge in [0.25, 0.3) is 5.91 Å². The van der Waals surface area contributed by atoms with Gasteiger partial charge in [0.05, 0.1) is 0 Å². The van der Waals surface area contributed by atoms with Crippen molar-refractivity contribution in [3.63, 3.8) is 0 Å². The van der Waals surface area contributed by atoms with Crippen LogP contribution in [0.15, 0.2) is 30.3 Å². The van der Waals surface area contributed by atoms with Crippen molar-refractivity contribution in [3.05, 3.63) is 35.9 Å². The first-order chi connectivity index (χ1) is 12.1. The predicted molar refractivity (Wildman–Crippen MR) is 96.9 cm³/mol. The summed E-state index contributed by atoms with van der Waals surface area (Å²) in [6.07, 6.45) is 6.53. The first kappa shape index (κ1) is 15.4. The second-order valence-electron chi connectivity index (χ2n) is 8.65. The number of likely N-dealkylation sites (N-methyl/N-ethyl adjacent to an activating group) is 1. The number of benzene rings is 1. The molecule has 4 aliphatic carbocycles. The molecule has 6 rings (SSSR count). The lowest BCUT2D eigenvalue weighted by Crippen LogP contribution is -2.60. The molecule has 1 aliphatic heterocycles. The van der Waals surface area contributed by atoms with Crippen LogP contribution in [-0.2, 0) is 10.3 Å². The highest BCUT2D eigenvalue weighted by Gasteiger charge is 2.63. The van der Waals surface area contributed by atoms with Gasteiger partial charge in [0.15, 0.2) is 5.96 Å². The van der Waals surface area contributed by atoms with Gasteiger partial charge in [-0.2, -0.15) is 0 Å². The number of carbonyl (C=O) groups excluding carboxylic acids is 1. The fourth-order valence-corrected chi connectivity index (χ4v) is 6.87. The van der Waals surface area contributed by atoms with Gasteiger partial charge in [-0.05, 0) is 68.3 Å². The molecular weight excluding hydrogens is 310 g/mol. The maximum atomic E-state index is 13.6. The lowest BCUT2D eigenvalue weighted by atomic mass is 9.47. The minimum atomic E-state index is -0.725. The number of nitrogens with zero attached hydrogens (tertiary/aromatic N) is 1. The molecule has 5 fully saturated rings. The zero-order valence-electron chi connectivity index (χ0n) is 14.9. The SMILES string of the molecule is CCN1C(=N)NC(c2ccccc2)(C2C3CC4CC(C3)CC2C4)C1=O. The van der Waals surface area contributed by atoms with E-state index in [9.17, 15) is 4.79 Å². The Kier molecular flexibility index (Phi) is 3.28. The van der Waals surface area contributed by atoms with Crippen LogP contribution in [0.25, 0.3) is 0 Å². The quantitative estimate of drug-likeness (QED) is 0.889. The second-order valence-corrected chi connectivity index (χ2v) is 8.65. The van der Waals surface area contributed by atoms with Crippen LogP contribution in [-0.4, -0.2) is 23.3 Å². The molecule has 2 N–H and O–H groups in total. The molecule has 4 bridgehead atoms. The minimum Gasteiger partial charge on any atom is -0.338 e. The summed E-state index contributed by atoms with van der Waals surface area (Å²) in [4.78, 5) is 15.3. The first-order valence-electron chi connectivity index (χ1n) is 9.87. The second kappa shape index (κ2) is 5.33. The van der Waals surface area contributed by atoms with E-state index in [-0.39, 0.29) is 11.9 Å². The number of nitrogens with one attached hydrogen (secondary N) is 2. The van der Waals surface area contributed by atoms with E-state index in [1.54, 1.807) is 4.90 Å². The van der Waals surface area contributed by atoms with Crippen molar-refractivity contribution in [1.29, 1.82) is 5.41 Å². The number of hydrogen-bond acceptors (Lipinski definition) is 2. The molecule has 4 heteroatoms. The zero-order chi connectivity index (χ0) is 17.2. The fourth-order valence-electron chi connectivity index (χ4n) is 6.87. The Morgan fingerprint density at radius 3 is 2.20 bits per heavy atom. The van der Waals surface area contributed by atoms with Crippen LogP contribution < -0.4 is 5.32 Å². The fraction of sp³-hybridized carbons (Fsp3) is 0.619. The molecule has 132 valence electrons. The van der Waals surface area contributed by atoms with Crippen molar-refractivity contribution < 1.29 is 4.79 Å². The zero-order valence-corrected chi connectivity index (χ0v) is 14.9. The Balaban J connectivity index is 1.65. The lowest BCUT2D eigenvalue weighted by Gasteiger charge is -2.58. The van der Waals surface area contributed by atoms with Crippen molar-refractivity contribution in [1.82, 2.24) is 10.2 Å². The summed E-state index contributed by atoms with van der Waals surface area (Å²) in [5.41, 5.74) is 0.329. The molecule has 0 radical (unpaired) electrons. The molecule has 1 aromatic rings. The molecule has 1 heterocycles. The molecule has 0 aromatic heterocycles. The maximum absolute atomic E-state index is 13.6. The number of rotatable bonds is 3. The van der Waals surface area contributed by atoms with Crippen LogP contribution in [0.4, 0.5) is 0 Å². The molecule has 1 unspecified atom stereocenters. The number of hydrogen-bond donors (Lipinski definition) is 2. The molecule has 4 saturated carbocycles. The highest BCUT2D eigenvalue weighted by Crippen LogP contribution is 2.61. The Hall–Kier alpha value is -1.84. The van der Waals surface area contributed by atoms with Crippen molar-refractivity contribution in [2.75, 3.05) is 6.54 Å². The van der Waals surface area contributed by atoms with E-state index in [1.165, 1.54) is 32.1 Å². The average molecular weight is 337 g/mol. The van der Waals surface area contributed by atoms with Crippen molar-refractivity contribution in [2.24, 2.45) is 29.6 Å². The van der Waals surface area contributed by atoms with Gasteiger partial charge in [-0.3, -0.25) is 15.1 Å². The monoisotopic (exact) mass is 337 g/mol. The molecule has 0 spiro atoms. The van der Waals surface area contributed by atoms with Gasteiger partial charge in [-0.1, -0.05) is 30.3 Å². The average Bonchev–Trinajstić information content (AvgIpc) is 2.86. The van der Waals surface area contributed by atoms with Crippen LogP contribution in [0.2, 0.25) is 0 Å². The van der Waals surface area contributed by atoms with E-state index < -0.39 is 5.54 Å². The van der Waals surface area contributed by atoms with Crippen LogP contribution >= 0.6 is 0 Å². The van der Waals surface area contributed by atoms with Gasteiger partial charge < -0.3 is 5.32 Å². The lowest BCUT2D eigenvalue weighted by molar-refractivity contribution is -0.142. The van der Waals surface area contributed by atoms with Gasteiger partial charge in [0.1, 0.15) is 5.54 Å². The standard InChI is InChI=1S/C21H27N3O/c1-2-24-19(25)21(23-20(24)22,17-6-4-3-5-7-17)18-15-9-13-8-14(11-15)12-16(18)10-13/h3-7,13-16,18H,2,8-12H2,1H3,(H2,22,23). The number of guanidine groups is 1. The summed E-state index contributed by atoms with van der Waals surface area (Å²) in [5, 5.41) is 11.8. The largest absolute Gasteiger partial charge is 0.338 e. The van der Waals surface area contributed by atoms with E-state index in [4.69, 9.17) is 5.41 Å². The molecule has 1 amide bonds. The summed E-state index contributed by atoms with van der Waals surface area (Å²) in [6.45, 7) is 2.53. The van der Waals surface area contributed by atoms with Gasteiger partial charge in [-0.25, -0.2) is 0 Å². The Morgan fingerprint density at radius 1 is 1.08 bits per heavy atom. The summed E-state index contributed by atoms with van der Waals surface area (Å²) in [5.74, 6) is 3.71. The Morgan fingerprint density at radius 2 is 1.68 bits per heavy atom. The normalized spacial score (nSPS) is 42.1. The summed E-state index contributed by atoms with van der Waals surface area (Å²) in [6, 6.07) is 10.2. The summed E-state index contributed by atoms with van der Waals surface area (Å²) in [7, 11) is 0. The minimum absolute atomic E-state index is 0.101. The molecule has 1 saturated heterocycles. The molecule has 25 heavy (non-hydrogen) atoms. The molecule has 4 nitrogen and oxygen atoms in total. The van der Waals surface area contributed by atoms with Gasteiger partial charge in [-0.15, -0.1) is 0 Å². The smallest absolute Gasteiger partial charge is 0.260 e. The third-order valence-electron chi connectivity index (χ3n) is 7.44. The molecule has 5 aliphatic rings. The third kappa shape index (κ3) is 2.00. The van der Waals surface area contributed by atoms with Crippen LogP contribution in [0.3, 0.4) is 0 Å². The van der Waals surface area contributed by atoms with Crippen LogP contribution in [0.5, 0.6) is 0 Å². The van der Waals surface area contributed by atoms with E-state index in [1.807, 2.05) is 25.1 Å². The van der Waals surface area contributed by atoms with Crippen molar-refractivity contribution in [2.45, 2.75) is 44.6 Å². The highest BCUT2D eigenvalue weighted by molar-refractivity contribution is 6.08. The van der Waals surface area contributed by atoms with Gasteiger partial charge in [0.2, 0.25) is 0 Å². The van der Waals surface area contributed by atoms with E-state index in [0.717, 1.165) is 17.4 Å². The molecule has 1 aromatic carbocycles. The third-order valence-corrected chi connectivity index (χ3v) is 7.44. The van der Waals surface area contributed by atoms with Crippen LogP contribution in [0.1, 0.15) is 44.6 Å². The van der Waals surface area contributed by atoms with Crippen LogP contribution in [0, 0.1) is 35.0 Å². The summed E-state index contributed by atoms with van der Waals surface area (Å²) < 4.78 is 0. The Labute approximate surface area is 149 Å². The Bertz CT molecular complexity index is 687. The van der Waals surface area contributed by atoms with E-state index >= 15 is 0 Å². The predicted octanol–water partition coefficient (Wildman–Crippen LogP) is 3.34. The number of carbonyl (C=O) groups is 1. The first-order valence-corrected chi connectivity index (χ1v) is 9.87. The van der Waals surface area contributed by atoms with E-state index in [2.05, 4.69) is 17.4 Å². The number of amides is 1. The highest BCUT2D eigenvalue weighted by atomic mass is 16.2. The molecular formula is C21H27N3O. The van der Waals surface area contributed by atoms with Crippen molar-refractivity contribution in [3.8, 4) is 0 Å². The maximum Gasteiger partial charge on any atom is 0.260 e. The topological polar surface area (TPSA) is 56.2 Å². The molecule has 1 atom stereocenters.